The zero-order valence-electron chi connectivity index (χ0n) is 10.9. The minimum absolute atomic E-state index is 0.0573. The SMILES string of the molecule is Cc1sc2nc(Cl)nc(N(C)CCC(=O)O)c2c1C. The summed E-state index contributed by atoms with van der Waals surface area (Å²) < 4.78 is 0. The Balaban J connectivity index is 2.49. The molecule has 0 fully saturated rings. The number of nitrogens with zero attached hydrogens (tertiary/aromatic N) is 3. The molecule has 2 rings (SSSR count). The average molecular weight is 300 g/mol. The van der Waals surface area contributed by atoms with Gasteiger partial charge in [0.05, 0.1) is 11.8 Å². The minimum Gasteiger partial charge on any atom is -0.481 e. The molecular weight excluding hydrogens is 286 g/mol. The van der Waals surface area contributed by atoms with Crippen molar-refractivity contribution in [3.8, 4) is 0 Å². The molecule has 0 aliphatic rings. The first-order valence-corrected chi connectivity index (χ1v) is 6.95. The first kappa shape index (κ1) is 14.0. The van der Waals surface area contributed by atoms with Crippen LogP contribution in [0, 0.1) is 13.8 Å². The molecule has 0 saturated heterocycles. The molecule has 0 amide bonds. The van der Waals surface area contributed by atoms with E-state index in [9.17, 15) is 4.79 Å². The second-order valence-electron chi connectivity index (χ2n) is 4.34. The molecule has 0 bridgehead atoms. The van der Waals surface area contributed by atoms with E-state index in [4.69, 9.17) is 16.7 Å². The lowest BCUT2D eigenvalue weighted by Gasteiger charge is -2.18. The number of aromatic nitrogens is 2. The van der Waals surface area contributed by atoms with Gasteiger partial charge in [-0.25, -0.2) is 4.98 Å². The highest BCUT2D eigenvalue weighted by Gasteiger charge is 2.17. The summed E-state index contributed by atoms with van der Waals surface area (Å²) in [5.74, 6) is -0.139. The number of thiophene rings is 1. The number of carboxylic acid groups (broad SMARTS) is 1. The van der Waals surface area contributed by atoms with Gasteiger partial charge in [0.2, 0.25) is 5.28 Å². The third kappa shape index (κ3) is 2.79. The van der Waals surface area contributed by atoms with E-state index in [0.717, 1.165) is 15.8 Å². The molecule has 2 aromatic heterocycles. The van der Waals surface area contributed by atoms with Crippen molar-refractivity contribution in [2.45, 2.75) is 20.3 Å². The maximum Gasteiger partial charge on any atom is 0.305 e. The molecule has 0 atom stereocenters. The van der Waals surface area contributed by atoms with E-state index in [0.29, 0.717) is 12.4 Å². The quantitative estimate of drug-likeness (QED) is 0.879. The second kappa shape index (κ2) is 5.30. The predicted molar refractivity (Wildman–Crippen MR) is 77.4 cm³/mol. The van der Waals surface area contributed by atoms with E-state index in [1.54, 1.807) is 11.3 Å². The summed E-state index contributed by atoms with van der Waals surface area (Å²) in [6.45, 7) is 4.42. The Morgan fingerprint density at radius 3 is 2.74 bits per heavy atom. The Hall–Kier alpha value is -1.40. The van der Waals surface area contributed by atoms with Gasteiger partial charge in [0.25, 0.3) is 0 Å². The van der Waals surface area contributed by atoms with Gasteiger partial charge in [0.1, 0.15) is 10.6 Å². The number of carbonyl (C=O) groups is 1. The molecule has 2 aromatic rings. The standard InChI is InChI=1S/C12H14ClN3O2S/c1-6-7(2)19-11-9(6)10(14-12(13)15-11)16(3)5-4-8(17)18/h4-5H2,1-3H3,(H,17,18). The van der Waals surface area contributed by atoms with Gasteiger partial charge in [-0.05, 0) is 31.0 Å². The topological polar surface area (TPSA) is 66.3 Å². The lowest BCUT2D eigenvalue weighted by Crippen LogP contribution is -2.22. The highest BCUT2D eigenvalue weighted by atomic mass is 35.5. The number of aryl methyl sites for hydroxylation is 2. The zero-order valence-corrected chi connectivity index (χ0v) is 12.5. The van der Waals surface area contributed by atoms with Crippen LogP contribution in [0.15, 0.2) is 0 Å². The number of hydrogen-bond donors (Lipinski definition) is 1. The predicted octanol–water partition coefficient (Wildman–Crippen LogP) is 2.87. The van der Waals surface area contributed by atoms with Crippen LogP contribution in [0.1, 0.15) is 16.9 Å². The molecule has 19 heavy (non-hydrogen) atoms. The number of carboxylic acids is 1. The Morgan fingerprint density at radius 2 is 2.11 bits per heavy atom. The highest BCUT2D eigenvalue weighted by Crippen LogP contribution is 2.35. The van der Waals surface area contributed by atoms with Gasteiger partial charge in [-0.1, -0.05) is 0 Å². The van der Waals surface area contributed by atoms with Crippen LogP contribution in [0.2, 0.25) is 5.28 Å². The fourth-order valence-electron chi connectivity index (χ4n) is 1.85. The van der Waals surface area contributed by atoms with E-state index in [2.05, 4.69) is 9.97 Å². The van der Waals surface area contributed by atoms with Crippen LogP contribution in [0.4, 0.5) is 5.82 Å². The third-order valence-corrected chi connectivity index (χ3v) is 4.28. The molecule has 0 aliphatic heterocycles. The van der Waals surface area contributed by atoms with Gasteiger partial charge in [0, 0.05) is 18.5 Å². The number of aliphatic carboxylic acids is 1. The first-order valence-electron chi connectivity index (χ1n) is 5.76. The smallest absolute Gasteiger partial charge is 0.305 e. The Kier molecular flexibility index (Phi) is 3.91. The Labute approximate surface area is 119 Å². The van der Waals surface area contributed by atoms with E-state index >= 15 is 0 Å². The molecule has 0 radical (unpaired) electrons. The molecule has 102 valence electrons. The molecule has 0 unspecified atom stereocenters. The molecule has 1 N–H and O–H groups in total. The normalized spacial score (nSPS) is 10.9. The van der Waals surface area contributed by atoms with E-state index in [1.165, 1.54) is 4.88 Å². The molecular formula is C12H14ClN3O2S. The maximum absolute atomic E-state index is 10.7. The summed E-state index contributed by atoms with van der Waals surface area (Å²) in [5.41, 5.74) is 1.12. The number of rotatable bonds is 4. The fraction of sp³-hybridized carbons (Fsp3) is 0.417. The number of halogens is 1. The molecule has 7 heteroatoms. The first-order chi connectivity index (χ1) is 8.90. The molecule has 0 aromatic carbocycles. The van der Waals surface area contributed by atoms with E-state index in [-0.39, 0.29) is 11.7 Å². The number of anilines is 1. The van der Waals surface area contributed by atoms with Crippen LogP contribution in [-0.4, -0.2) is 34.6 Å². The monoisotopic (exact) mass is 299 g/mol. The van der Waals surface area contributed by atoms with Crippen molar-refractivity contribution in [2.24, 2.45) is 0 Å². The molecule has 5 nitrogen and oxygen atoms in total. The van der Waals surface area contributed by atoms with Crippen LogP contribution in [-0.2, 0) is 4.79 Å². The van der Waals surface area contributed by atoms with Crippen molar-refractivity contribution in [3.63, 3.8) is 0 Å². The van der Waals surface area contributed by atoms with Gasteiger partial charge < -0.3 is 10.0 Å². The van der Waals surface area contributed by atoms with Crippen molar-refractivity contribution in [2.75, 3.05) is 18.5 Å². The van der Waals surface area contributed by atoms with E-state index in [1.807, 2.05) is 25.8 Å². The van der Waals surface area contributed by atoms with E-state index < -0.39 is 5.97 Å². The van der Waals surface area contributed by atoms with Crippen LogP contribution >= 0.6 is 22.9 Å². The van der Waals surface area contributed by atoms with Gasteiger partial charge in [-0.3, -0.25) is 4.79 Å². The summed E-state index contributed by atoms with van der Waals surface area (Å²) in [5, 5.41) is 9.90. The van der Waals surface area contributed by atoms with Gasteiger partial charge in [-0.2, -0.15) is 4.98 Å². The van der Waals surface area contributed by atoms with Crippen molar-refractivity contribution in [1.82, 2.24) is 9.97 Å². The summed E-state index contributed by atoms with van der Waals surface area (Å²) in [6, 6.07) is 0. The lowest BCUT2D eigenvalue weighted by atomic mass is 10.2. The largest absolute Gasteiger partial charge is 0.481 e. The average Bonchev–Trinajstić information content (AvgIpc) is 2.61. The zero-order chi connectivity index (χ0) is 14.2. The summed E-state index contributed by atoms with van der Waals surface area (Å²) >= 11 is 7.50. The van der Waals surface area contributed by atoms with Crippen LogP contribution < -0.4 is 4.90 Å². The van der Waals surface area contributed by atoms with Gasteiger partial charge >= 0.3 is 5.97 Å². The number of hydrogen-bond acceptors (Lipinski definition) is 5. The fourth-order valence-corrected chi connectivity index (χ4v) is 3.09. The van der Waals surface area contributed by atoms with Gasteiger partial charge in [-0.15, -0.1) is 11.3 Å². The van der Waals surface area contributed by atoms with Crippen molar-refractivity contribution >= 4 is 44.9 Å². The van der Waals surface area contributed by atoms with Crippen molar-refractivity contribution < 1.29 is 9.90 Å². The summed E-state index contributed by atoms with van der Waals surface area (Å²) in [4.78, 5) is 22.9. The minimum atomic E-state index is -0.832. The van der Waals surface area contributed by atoms with Gasteiger partial charge in [0.15, 0.2) is 0 Å². The Morgan fingerprint density at radius 1 is 1.42 bits per heavy atom. The highest BCUT2D eigenvalue weighted by molar-refractivity contribution is 7.18. The maximum atomic E-state index is 10.7. The van der Waals surface area contributed by atoms with Crippen molar-refractivity contribution in [1.29, 1.82) is 0 Å². The van der Waals surface area contributed by atoms with Crippen molar-refractivity contribution in [3.05, 3.63) is 15.7 Å². The van der Waals surface area contributed by atoms with Crippen LogP contribution in [0.5, 0.6) is 0 Å². The van der Waals surface area contributed by atoms with Crippen LogP contribution in [0.25, 0.3) is 10.2 Å². The second-order valence-corrected chi connectivity index (χ2v) is 5.89. The lowest BCUT2D eigenvalue weighted by molar-refractivity contribution is -0.136. The van der Waals surface area contributed by atoms with Crippen LogP contribution in [0.3, 0.4) is 0 Å². The summed E-state index contributed by atoms with van der Waals surface area (Å²) in [7, 11) is 1.81. The molecule has 2 heterocycles. The Bertz CT molecular complexity index is 641. The number of fused-ring (bicyclic) bond motifs is 1. The third-order valence-electron chi connectivity index (χ3n) is 3.00. The molecule has 0 spiro atoms. The summed E-state index contributed by atoms with van der Waals surface area (Å²) in [6.07, 6.45) is 0.0573. The molecule has 0 aliphatic carbocycles. The molecule has 0 saturated carbocycles.